The van der Waals surface area contributed by atoms with Crippen LogP contribution in [0.3, 0.4) is 0 Å². The molecule has 0 saturated heterocycles. The molecule has 1 saturated carbocycles. The molecule has 1 N–H and O–H groups in total. The molecular formula is C10H12N4O. The van der Waals surface area contributed by atoms with Gasteiger partial charge in [-0.2, -0.15) is 5.10 Å². The van der Waals surface area contributed by atoms with Gasteiger partial charge in [-0.15, -0.1) is 0 Å². The summed E-state index contributed by atoms with van der Waals surface area (Å²) in [6.07, 6.45) is 2.27. The summed E-state index contributed by atoms with van der Waals surface area (Å²) in [5.41, 5.74) is 2.05. The zero-order chi connectivity index (χ0) is 10.6. The molecule has 2 heterocycles. The van der Waals surface area contributed by atoms with Crippen LogP contribution in [-0.4, -0.2) is 19.7 Å². The van der Waals surface area contributed by atoms with Crippen molar-refractivity contribution in [1.82, 2.24) is 19.7 Å². The first-order chi connectivity index (χ1) is 7.16. The molecule has 0 atom stereocenters. The third-order valence-corrected chi connectivity index (χ3v) is 2.84. The number of aryl methyl sites for hydroxylation is 2. The summed E-state index contributed by atoms with van der Waals surface area (Å²) in [6.45, 7) is 1.88. The molecule has 2 aromatic rings. The molecule has 0 spiro atoms. The quantitative estimate of drug-likeness (QED) is 0.748. The fourth-order valence-corrected chi connectivity index (χ4v) is 1.91. The molecular weight excluding hydrogens is 192 g/mol. The average molecular weight is 204 g/mol. The van der Waals surface area contributed by atoms with Crippen molar-refractivity contribution in [3.05, 3.63) is 21.9 Å². The highest BCUT2D eigenvalue weighted by atomic mass is 16.1. The van der Waals surface area contributed by atoms with E-state index in [1.807, 2.05) is 6.92 Å². The molecule has 2 aromatic heterocycles. The topological polar surface area (TPSA) is 63.6 Å². The third kappa shape index (κ3) is 1.19. The SMILES string of the molecule is Cc1nn(C)c2c(=O)[nH]c(C3CC3)nc12. The molecule has 0 aromatic carbocycles. The van der Waals surface area contributed by atoms with Crippen LogP contribution >= 0.6 is 0 Å². The van der Waals surface area contributed by atoms with Crippen LogP contribution in [0, 0.1) is 6.92 Å². The Morgan fingerprint density at radius 1 is 1.47 bits per heavy atom. The lowest BCUT2D eigenvalue weighted by molar-refractivity contribution is 0.778. The van der Waals surface area contributed by atoms with Crippen molar-refractivity contribution in [2.45, 2.75) is 25.7 Å². The zero-order valence-corrected chi connectivity index (χ0v) is 8.74. The number of fused-ring (bicyclic) bond motifs is 1. The van der Waals surface area contributed by atoms with E-state index in [1.165, 1.54) is 0 Å². The van der Waals surface area contributed by atoms with Crippen molar-refractivity contribution in [2.24, 2.45) is 7.05 Å². The number of H-pyrrole nitrogens is 1. The fraction of sp³-hybridized carbons (Fsp3) is 0.500. The van der Waals surface area contributed by atoms with Crippen LogP contribution in [0.25, 0.3) is 11.0 Å². The fourth-order valence-electron chi connectivity index (χ4n) is 1.91. The molecule has 78 valence electrons. The van der Waals surface area contributed by atoms with Gasteiger partial charge in [0.1, 0.15) is 11.3 Å². The second-order valence-electron chi connectivity index (χ2n) is 4.13. The Kier molecular flexibility index (Phi) is 1.55. The van der Waals surface area contributed by atoms with Crippen LogP contribution in [0.5, 0.6) is 0 Å². The number of nitrogens with one attached hydrogen (secondary N) is 1. The predicted molar refractivity (Wildman–Crippen MR) is 55.8 cm³/mol. The lowest BCUT2D eigenvalue weighted by Gasteiger charge is -1.98. The highest BCUT2D eigenvalue weighted by Crippen LogP contribution is 2.37. The number of aromatic amines is 1. The predicted octanol–water partition coefficient (Wildman–Crippen LogP) is 0.842. The van der Waals surface area contributed by atoms with Crippen LogP contribution in [0.15, 0.2) is 4.79 Å². The van der Waals surface area contributed by atoms with Gasteiger partial charge in [0.15, 0.2) is 5.52 Å². The first kappa shape index (κ1) is 8.64. The normalized spacial score (nSPS) is 16.1. The van der Waals surface area contributed by atoms with Gasteiger partial charge in [0, 0.05) is 13.0 Å². The molecule has 0 amide bonds. The van der Waals surface area contributed by atoms with Crippen LogP contribution in [0.4, 0.5) is 0 Å². The molecule has 0 bridgehead atoms. The lowest BCUT2D eigenvalue weighted by Crippen LogP contribution is -2.13. The van der Waals surface area contributed by atoms with E-state index in [1.54, 1.807) is 11.7 Å². The minimum Gasteiger partial charge on any atom is -0.308 e. The van der Waals surface area contributed by atoms with Gasteiger partial charge in [-0.1, -0.05) is 0 Å². The van der Waals surface area contributed by atoms with Crippen LogP contribution in [0.2, 0.25) is 0 Å². The molecule has 0 aliphatic heterocycles. The van der Waals surface area contributed by atoms with Crippen LogP contribution in [-0.2, 0) is 7.05 Å². The van der Waals surface area contributed by atoms with Crippen molar-refractivity contribution < 1.29 is 0 Å². The summed E-state index contributed by atoms with van der Waals surface area (Å²) in [7, 11) is 1.77. The molecule has 0 radical (unpaired) electrons. The molecule has 1 fully saturated rings. The van der Waals surface area contributed by atoms with E-state index in [0.717, 1.165) is 29.9 Å². The number of hydrogen-bond donors (Lipinski definition) is 1. The largest absolute Gasteiger partial charge is 0.308 e. The Morgan fingerprint density at radius 3 is 2.87 bits per heavy atom. The monoisotopic (exact) mass is 204 g/mol. The van der Waals surface area contributed by atoms with Crippen LogP contribution < -0.4 is 5.56 Å². The van der Waals surface area contributed by atoms with Gasteiger partial charge in [0.2, 0.25) is 0 Å². The molecule has 3 rings (SSSR count). The minimum absolute atomic E-state index is 0.0787. The van der Waals surface area contributed by atoms with Crippen molar-refractivity contribution in [2.75, 3.05) is 0 Å². The Balaban J connectivity index is 2.38. The molecule has 5 nitrogen and oxygen atoms in total. The van der Waals surface area contributed by atoms with E-state index in [0.29, 0.717) is 11.4 Å². The Morgan fingerprint density at radius 2 is 2.20 bits per heavy atom. The van der Waals surface area contributed by atoms with Gasteiger partial charge in [-0.3, -0.25) is 9.48 Å². The summed E-state index contributed by atoms with van der Waals surface area (Å²) >= 11 is 0. The van der Waals surface area contributed by atoms with E-state index < -0.39 is 0 Å². The summed E-state index contributed by atoms with van der Waals surface area (Å²) in [6, 6.07) is 0. The van der Waals surface area contributed by atoms with Gasteiger partial charge in [-0.25, -0.2) is 4.98 Å². The Bertz CT molecular complexity index is 591. The summed E-state index contributed by atoms with van der Waals surface area (Å²) in [5.74, 6) is 1.28. The van der Waals surface area contributed by atoms with Gasteiger partial charge < -0.3 is 4.98 Å². The van der Waals surface area contributed by atoms with E-state index >= 15 is 0 Å². The van der Waals surface area contributed by atoms with Gasteiger partial charge >= 0.3 is 0 Å². The smallest absolute Gasteiger partial charge is 0.277 e. The van der Waals surface area contributed by atoms with E-state index in [-0.39, 0.29) is 5.56 Å². The lowest BCUT2D eigenvalue weighted by atomic mass is 10.3. The second-order valence-corrected chi connectivity index (χ2v) is 4.13. The van der Waals surface area contributed by atoms with Gasteiger partial charge in [-0.05, 0) is 19.8 Å². The molecule has 1 aliphatic carbocycles. The molecule has 0 unspecified atom stereocenters. The zero-order valence-electron chi connectivity index (χ0n) is 8.74. The van der Waals surface area contributed by atoms with Gasteiger partial charge in [0.05, 0.1) is 5.69 Å². The highest BCUT2D eigenvalue weighted by molar-refractivity contribution is 5.76. The van der Waals surface area contributed by atoms with Crippen molar-refractivity contribution in [3.63, 3.8) is 0 Å². The van der Waals surface area contributed by atoms with Crippen LogP contribution in [0.1, 0.15) is 30.3 Å². The first-order valence-electron chi connectivity index (χ1n) is 5.10. The molecule has 15 heavy (non-hydrogen) atoms. The number of nitrogens with zero attached hydrogens (tertiary/aromatic N) is 3. The Labute approximate surface area is 86.1 Å². The third-order valence-electron chi connectivity index (χ3n) is 2.84. The second kappa shape index (κ2) is 2.68. The highest BCUT2D eigenvalue weighted by Gasteiger charge is 2.27. The summed E-state index contributed by atoms with van der Waals surface area (Å²) < 4.78 is 1.59. The number of aromatic nitrogens is 4. The first-order valence-corrected chi connectivity index (χ1v) is 5.10. The number of hydrogen-bond acceptors (Lipinski definition) is 3. The molecule has 5 heteroatoms. The Hall–Kier alpha value is -1.65. The van der Waals surface area contributed by atoms with Crippen molar-refractivity contribution >= 4 is 11.0 Å². The van der Waals surface area contributed by atoms with Gasteiger partial charge in [0.25, 0.3) is 5.56 Å². The standard InChI is InChI=1S/C10H12N4O/c1-5-7-8(14(2)13-5)10(15)12-9(11-7)6-3-4-6/h6H,3-4H2,1-2H3,(H,11,12,15). The van der Waals surface area contributed by atoms with E-state index in [4.69, 9.17) is 0 Å². The maximum atomic E-state index is 11.8. The minimum atomic E-state index is -0.0787. The van der Waals surface area contributed by atoms with E-state index in [2.05, 4.69) is 15.1 Å². The van der Waals surface area contributed by atoms with E-state index in [9.17, 15) is 4.79 Å². The maximum Gasteiger partial charge on any atom is 0.277 e. The van der Waals surface area contributed by atoms with Crippen molar-refractivity contribution in [3.8, 4) is 0 Å². The molecule has 1 aliphatic rings. The summed E-state index contributed by atoms with van der Waals surface area (Å²) in [5, 5.41) is 4.21. The number of rotatable bonds is 1. The van der Waals surface area contributed by atoms with Crippen molar-refractivity contribution in [1.29, 1.82) is 0 Å². The average Bonchev–Trinajstić information content (AvgIpc) is 2.95. The maximum absolute atomic E-state index is 11.8. The summed E-state index contributed by atoms with van der Waals surface area (Å²) in [4.78, 5) is 19.1.